The maximum atomic E-state index is 13.0. The monoisotopic (exact) mass is 331 g/mol. The van der Waals surface area contributed by atoms with Crippen molar-refractivity contribution in [2.75, 3.05) is 6.61 Å². The predicted molar refractivity (Wildman–Crippen MR) is 100 cm³/mol. The lowest BCUT2D eigenvalue weighted by atomic mass is 10.0. The summed E-state index contributed by atoms with van der Waals surface area (Å²) in [5.41, 5.74) is 3.16. The first-order valence-electron chi connectivity index (χ1n) is 8.80. The molecule has 1 N–H and O–H groups in total. The molecule has 0 saturated heterocycles. The van der Waals surface area contributed by atoms with Gasteiger partial charge in [-0.1, -0.05) is 48.5 Å². The molecule has 1 aliphatic rings. The van der Waals surface area contributed by atoms with E-state index >= 15 is 0 Å². The standard InChI is InChI=1S/C22H21NO2/c1-2-25-21-14-17-9-4-3-8-16(17)13-19(21)22(24)23-20-12-11-15-7-5-6-10-18(15)20/h3-10,13-14,20H,2,11-12H2,1H3,(H,23,24)/t20-/m0/s1. The first-order chi connectivity index (χ1) is 12.3. The molecule has 0 aliphatic heterocycles. The average molecular weight is 331 g/mol. The van der Waals surface area contributed by atoms with Gasteiger partial charge in [0, 0.05) is 0 Å². The van der Waals surface area contributed by atoms with Crippen molar-refractivity contribution in [2.24, 2.45) is 0 Å². The average Bonchev–Trinajstić information content (AvgIpc) is 3.04. The number of rotatable bonds is 4. The molecule has 3 heteroatoms. The Morgan fingerprint density at radius 2 is 1.80 bits per heavy atom. The number of benzene rings is 3. The summed E-state index contributed by atoms with van der Waals surface area (Å²) in [6, 6.07) is 20.3. The van der Waals surface area contributed by atoms with Crippen molar-refractivity contribution in [3.63, 3.8) is 0 Å². The van der Waals surface area contributed by atoms with E-state index < -0.39 is 0 Å². The van der Waals surface area contributed by atoms with E-state index in [-0.39, 0.29) is 11.9 Å². The maximum absolute atomic E-state index is 13.0. The van der Waals surface area contributed by atoms with Crippen LogP contribution in [0.2, 0.25) is 0 Å². The fraction of sp³-hybridized carbons (Fsp3) is 0.227. The molecule has 126 valence electrons. The number of hydrogen-bond donors (Lipinski definition) is 1. The van der Waals surface area contributed by atoms with E-state index in [9.17, 15) is 4.79 Å². The van der Waals surface area contributed by atoms with Gasteiger partial charge in [0.25, 0.3) is 5.91 Å². The highest BCUT2D eigenvalue weighted by Crippen LogP contribution is 2.32. The Labute approximate surface area is 147 Å². The number of carbonyl (C=O) groups excluding carboxylic acids is 1. The first kappa shape index (κ1) is 15.7. The van der Waals surface area contributed by atoms with Crippen LogP contribution in [0.3, 0.4) is 0 Å². The molecule has 0 fully saturated rings. The second-order valence-corrected chi connectivity index (χ2v) is 6.39. The number of aryl methyl sites for hydroxylation is 1. The summed E-state index contributed by atoms with van der Waals surface area (Å²) < 4.78 is 5.74. The molecular formula is C22H21NO2. The second-order valence-electron chi connectivity index (χ2n) is 6.39. The summed E-state index contributed by atoms with van der Waals surface area (Å²) in [6.45, 7) is 2.47. The molecule has 1 atom stereocenters. The van der Waals surface area contributed by atoms with Gasteiger partial charge < -0.3 is 10.1 Å². The van der Waals surface area contributed by atoms with Crippen LogP contribution in [-0.4, -0.2) is 12.5 Å². The highest BCUT2D eigenvalue weighted by atomic mass is 16.5. The van der Waals surface area contributed by atoms with Crippen molar-refractivity contribution in [2.45, 2.75) is 25.8 Å². The van der Waals surface area contributed by atoms with E-state index in [1.54, 1.807) is 0 Å². The molecule has 0 unspecified atom stereocenters. The molecule has 1 aliphatic carbocycles. The molecular weight excluding hydrogens is 310 g/mol. The van der Waals surface area contributed by atoms with Gasteiger partial charge in [0.05, 0.1) is 18.2 Å². The summed E-state index contributed by atoms with van der Waals surface area (Å²) in [7, 11) is 0. The minimum atomic E-state index is -0.0732. The lowest BCUT2D eigenvalue weighted by Crippen LogP contribution is -2.27. The lowest BCUT2D eigenvalue weighted by Gasteiger charge is -2.17. The molecule has 0 spiro atoms. The highest BCUT2D eigenvalue weighted by Gasteiger charge is 2.25. The van der Waals surface area contributed by atoms with Crippen molar-refractivity contribution in [1.82, 2.24) is 5.32 Å². The largest absolute Gasteiger partial charge is 0.493 e. The van der Waals surface area contributed by atoms with E-state index in [2.05, 4.69) is 23.5 Å². The van der Waals surface area contributed by atoms with Crippen LogP contribution in [0, 0.1) is 0 Å². The number of hydrogen-bond acceptors (Lipinski definition) is 2. The Kier molecular flexibility index (Phi) is 4.14. The van der Waals surface area contributed by atoms with Crippen LogP contribution in [0.5, 0.6) is 5.75 Å². The molecule has 0 aromatic heterocycles. The second kappa shape index (κ2) is 6.60. The van der Waals surface area contributed by atoms with Crippen LogP contribution in [-0.2, 0) is 6.42 Å². The molecule has 3 aromatic carbocycles. The van der Waals surface area contributed by atoms with Gasteiger partial charge in [0.1, 0.15) is 5.75 Å². The molecule has 0 heterocycles. The zero-order chi connectivity index (χ0) is 17.2. The molecule has 0 saturated carbocycles. The van der Waals surface area contributed by atoms with Gasteiger partial charge >= 0.3 is 0 Å². The topological polar surface area (TPSA) is 38.3 Å². The lowest BCUT2D eigenvalue weighted by molar-refractivity contribution is 0.0933. The van der Waals surface area contributed by atoms with Gasteiger partial charge in [0.2, 0.25) is 0 Å². The van der Waals surface area contributed by atoms with E-state index in [0.29, 0.717) is 17.9 Å². The van der Waals surface area contributed by atoms with E-state index in [0.717, 1.165) is 23.6 Å². The van der Waals surface area contributed by atoms with Gasteiger partial charge in [-0.25, -0.2) is 0 Å². The molecule has 3 aromatic rings. The number of carbonyl (C=O) groups is 1. The van der Waals surface area contributed by atoms with Crippen LogP contribution >= 0.6 is 0 Å². The van der Waals surface area contributed by atoms with E-state index in [4.69, 9.17) is 4.74 Å². The molecule has 4 rings (SSSR count). The number of amides is 1. The number of ether oxygens (including phenoxy) is 1. The molecule has 0 radical (unpaired) electrons. The van der Waals surface area contributed by atoms with Crippen molar-refractivity contribution in [3.05, 3.63) is 77.4 Å². The van der Waals surface area contributed by atoms with Gasteiger partial charge in [-0.05, 0) is 53.8 Å². The number of nitrogens with one attached hydrogen (secondary N) is 1. The fourth-order valence-electron chi connectivity index (χ4n) is 3.61. The molecule has 3 nitrogen and oxygen atoms in total. The Morgan fingerprint density at radius 1 is 1.08 bits per heavy atom. The summed E-state index contributed by atoms with van der Waals surface area (Å²) in [5, 5.41) is 5.32. The van der Waals surface area contributed by atoms with Crippen LogP contribution < -0.4 is 10.1 Å². The van der Waals surface area contributed by atoms with Gasteiger partial charge in [-0.2, -0.15) is 0 Å². The third-order valence-corrected chi connectivity index (χ3v) is 4.83. The number of fused-ring (bicyclic) bond motifs is 2. The van der Waals surface area contributed by atoms with Gasteiger partial charge in [-0.3, -0.25) is 4.79 Å². The Morgan fingerprint density at radius 3 is 2.60 bits per heavy atom. The maximum Gasteiger partial charge on any atom is 0.255 e. The van der Waals surface area contributed by atoms with E-state index in [1.807, 2.05) is 49.4 Å². The molecule has 0 bridgehead atoms. The SMILES string of the molecule is CCOc1cc2ccccc2cc1C(=O)N[C@H]1CCc2ccccc21. The Balaban J connectivity index is 1.66. The van der Waals surface area contributed by atoms with Crippen molar-refractivity contribution in [1.29, 1.82) is 0 Å². The zero-order valence-corrected chi connectivity index (χ0v) is 14.3. The smallest absolute Gasteiger partial charge is 0.255 e. The predicted octanol–water partition coefficient (Wildman–Crippen LogP) is 4.66. The zero-order valence-electron chi connectivity index (χ0n) is 14.3. The summed E-state index contributed by atoms with van der Waals surface area (Å²) in [6.07, 6.45) is 1.96. The third-order valence-electron chi connectivity index (χ3n) is 4.83. The van der Waals surface area contributed by atoms with Crippen molar-refractivity contribution in [3.8, 4) is 5.75 Å². The van der Waals surface area contributed by atoms with Crippen molar-refractivity contribution < 1.29 is 9.53 Å². The van der Waals surface area contributed by atoms with Crippen molar-refractivity contribution >= 4 is 16.7 Å². The van der Waals surface area contributed by atoms with Crippen LogP contribution in [0.1, 0.15) is 40.9 Å². The first-order valence-corrected chi connectivity index (χ1v) is 8.80. The van der Waals surface area contributed by atoms with Crippen LogP contribution in [0.15, 0.2) is 60.7 Å². The van der Waals surface area contributed by atoms with Crippen LogP contribution in [0.4, 0.5) is 0 Å². The minimum Gasteiger partial charge on any atom is -0.493 e. The normalized spacial score (nSPS) is 15.8. The molecule has 25 heavy (non-hydrogen) atoms. The minimum absolute atomic E-state index is 0.0732. The summed E-state index contributed by atoms with van der Waals surface area (Å²) >= 11 is 0. The van der Waals surface area contributed by atoms with E-state index in [1.165, 1.54) is 11.1 Å². The van der Waals surface area contributed by atoms with Gasteiger partial charge in [0.15, 0.2) is 0 Å². The highest BCUT2D eigenvalue weighted by molar-refractivity contribution is 6.01. The Bertz CT molecular complexity index is 932. The quantitative estimate of drug-likeness (QED) is 0.755. The van der Waals surface area contributed by atoms with Gasteiger partial charge in [-0.15, -0.1) is 0 Å². The van der Waals surface area contributed by atoms with Crippen LogP contribution in [0.25, 0.3) is 10.8 Å². The summed E-state index contributed by atoms with van der Waals surface area (Å²) in [5.74, 6) is 0.570. The molecule has 1 amide bonds. The third kappa shape index (κ3) is 2.98. The Hall–Kier alpha value is -2.81. The fourth-order valence-corrected chi connectivity index (χ4v) is 3.61. The summed E-state index contributed by atoms with van der Waals surface area (Å²) in [4.78, 5) is 13.0.